The van der Waals surface area contributed by atoms with Crippen molar-refractivity contribution in [1.29, 1.82) is 0 Å². The minimum absolute atomic E-state index is 0.0843. The number of ether oxygens (including phenoxy) is 4. The molecule has 1 aromatic heterocycles. The van der Waals surface area contributed by atoms with Crippen molar-refractivity contribution in [3.8, 4) is 11.5 Å². The molecule has 0 saturated carbocycles. The monoisotopic (exact) mass is 472 g/mol. The predicted octanol–water partition coefficient (Wildman–Crippen LogP) is 3.60. The lowest BCUT2D eigenvalue weighted by Crippen LogP contribution is -2.20. The van der Waals surface area contributed by atoms with E-state index in [2.05, 4.69) is 4.99 Å². The van der Waals surface area contributed by atoms with Crippen molar-refractivity contribution >= 4 is 33.4 Å². The molecule has 0 atom stereocenters. The highest BCUT2D eigenvalue weighted by molar-refractivity contribution is 7.16. The summed E-state index contributed by atoms with van der Waals surface area (Å²) in [6, 6.07) is 10.7. The van der Waals surface area contributed by atoms with Crippen LogP contribution >= 0.6 is 11.3 Å². The molecule has 0 unspecified atom stereocenters. The van der Waals surface area contributed by atoms with Gasteiger partial charge in [-0.2, -0.15) is 4.99 Å². The van der Waals surface area contributed by atoms with E-state index in [0.717, 1.165) is 15.8 Å². The number of benzene rings is 2. The van der Waals surface area contributed by atoms with Crippen LogP contribution in [0.5, 0.6) is 11.5 Å². The summed E-state index contributed by atoms with van der Waals surface area (Å²) in [4.78, 5) is 29.9. The van der Waals surface area contributed by atoms with Crippen LogP contribution in [0.1, 0.15) is 29.8 Å². The lowest BCUT2D eigenvalue weighted by atomic mass is 10.1. The third kappa shape index (κ3) is 6.00. The number of carbonyl (C=O) groups is 2. The summed E-state index contributed by atoms with van der Waals surface area (Å²) in [5.41, 5.74) is 2.06. The van der Waals surface area contributed by atoms with E-state index in [1.54, 1.807) is 51.5 Å². The standard InChI is InChI=1S/C24H28N2O6S/c1-5-31-12-11-26-19-10-8-17(23(28)32-6-2)13-21(19)33-24(26)25-22(27)14-16-7-9-18(29-3)15-20(16)30-4/h7-10,13,15H,5-6,11-12,14H2,1-4H3. The van der Waals surface area contributed by atoms with Crippen molar-refractivity contribution in [3.05, 3.63) is 52.3 Å². The number of carbonyl (C=O) groups excluding carboxylic acids is 2. The van der Waals surface area contributed by atoms with Crippen LogP contribution in [0.25, 0.3) is 10.2 Å². The Balaban J connectivity index is 1.97. The van der Waals surface area contributed by atoms with Gasteiger partial charge in [-0.15, -0.1) is 0 Å². The van der Waals surface area contributed by atoms with Gasteiger partial charge in [-0.25, -0.2) is 4.79 Å². The fraction of sp³-hybridized carbons (Fsp3) is 0.375. The number of amides is 1. The Morgan fingerprint density at radius 1 is 1.03 bits per heavy atom. The van der Waals surface area contributed by atoms with E-state index in [9.17, 15) is 9.59 Å². The smallest absolute Gasteiger partial charge is 0.338 e. The number of hydrogen-bond donors (Lipinski definition) is 0. The molecule has 176 valence electrons. The van der Waals surface area contributed by atoms with Gasteiger partial charge in [0.1, 0.15) is 11.5 Å². The molecule has 0 aliphatic rings. The molecular weight excluding hydrogens is 444 g/mol. The van der Waals surface area contributed by atoms with Crippen LogP contribution in [-0.4, -0.2) is 50.5 Å². The van der Waals surface area contributed by atoms with Gasteiger partial charge in [0.2, 0.25) is 0 Å². The van der Waals surface area contributed by atoms with Crippen molar-refractivity contribution in [2.45, 2.75) is 26.8 Å². The predicted molar refractivity (Wildman–Crippen MR) is 126 cm³/mol. The third-order valence-corrected chi connectivity index (χ3v) is 5.95. The van der Waals surface area contributed by atoms with Gasteiger partial charge in [0, 0.05) is 24.8 Å². The van der Waals surface area contributed by atoms with E-state index in [1.165, 1.54) is 11.3 Å². The van der Waals surface area contributed by atoms with E-state index in [1.807, 2.05) is 17.6 Å². The minimum Gasteiger partial charge on any atom is -0.497 e. The summed E-state index contributed by atoms with van der Waals surface area (Å²) >= 11 is 1.35. The van der Waals surface area contributed by atoms with E-state index in [4.69, 9.17) is 18.9 Å². The van der Waals surface area contributed by atoms with Crippen molar-refractivity contribution < 1.29 is 28.5 Å². The van der Waals surface area contributed by atoms with E-state index in [0.29, 0.717) is 48.2 Å². The van der Waals surface area contributed by atoms with Gasteiger partial charge in [0.25, 0.3) is 5.91 Å². The Hall–Kier alpha value is -3.17. The second kappa shape index (κ2) is 11.6. The highest BCUT2D eigenvalue weighted by Gasteiger charge is 2.14. The Bertz CT molecular complexity index is 1200. The molecule has 2 aromatic carbocycles. The Labute approximate surface area is 196 Å². The number of esters is 1. The molecule has 1 heterocycles. The summed E-state index contributed by atoms with van der Waals surface area (Å²) in [6.07, 6.45) is 0.0843. The topological polar surface area (TPSA) is 88.4 Å². The number of methoxy groups -OCH3 is 2. The van der Waals surface area contributed by atoms with Gasteiger partial charge < -0.3 is 23.5 Å². The summed E-state index contributed by atoms with van der Waals surface area (Å²) < 4.78 is 24.0. The first-order valence-corrected chi connectivity index (χ1v) is 11.5. The lowest BCUT2D eigenvalue weighted by molar-refractivity contribution is -0.117. The summed E-state index contributed by atoms with van der Waals surface area (Å²) in [5, 5.41) is 0. The number of rotatable bonds is 10. The molecule has 0 bridgehead atoms. The maximum atomic E-state index is 12.9. The van der Waals surface area contributed by atoms with Crippen molar-refractivity contribution in [1.82, 2.24) is 4.57 Å². The second-order valence-corrected chi connectivity index (χ2v) is 8.01. The van der Waals surface area contributed by atoms with Crippen LogP contribution < -0.4 is 14.3 Å². The second-order valence-electron chi connectivity index (χ2n) is 7.00. The summed E-state index contributed by atoms with van der Waals surface area (Å²) in [6.45, 7) is 5.61. The maximum absolute atomic E-state index is 12.9. The fourth-order valence-corrected chi connectivity index (χ4v) is 4.44. The number of aromatic nitrogens is 1. The van der Waals surface area contributed by atoms with Gasteiger partial charge >= 0.3 is 5.97 Å². The largest absolute Gasteiger partial charge is 0.497 e. The van der Waals surface area contributed by atoms with Crippen LogP contribution in [0.3, 0.4) is 0 Å². The number of thiazole rings is 1. The molecule has 3 aromatic rings. The minimum atomic E-state index is -0.380. The maximum Gasteiger partial charge on any atom is 0.338 e. The molecule has 0 fully saturated rings. The van der Waals surface area contributed by atoms with E-state index < -0.39 is 0 Å². The lowest BCUT2D eigenvalue weighted by Gasteiger charge is -2.09. The van der Waals surface area contributed by atoms with Crippen LogP contribution in [0, 0.1) is 0 Å². The highest BCUT2D eigenvalue weighted by atomic mass is 32.1. The molecule has 0 radical (unpaired) electrons. The van der Waals surface area contributed by atoms with Gasteiger partial charge in [-0.3, -0.25) is 4.79 Å². The molecule has 3 rings (SSSR count). The van der Waals surface area contributed by atoms with Crippen LogP contribution in [0.2, 0.25) is 0 Å². The molecule has 0 aliphatic heterocycles. The average molecular weight is 473 g/mol. The Kier molecular flexibility index (Phi) is 8.62. The average Bonchev–Trinajstić information content (AvgIpc) is 3.15. The first-order chi connectivity index (χ1) is 16.0. The van der Waals surface area contributed by atoms with E-state index >= 15 is 0 Å². The first-order valence-electron chi connectivity index (χ1n) is 10.7. The first kappa shape index (κ1) is 24.5. The molecular formula is C24H28N2O6S. The molecule has 1 amide bonds. The van der Waals surface area contributed by atoms with Crippen LogP contribution in [0.4, 0.5) is 0 Å². The molecule has 0 spiro atoms. The molecule has 8 nitrogen and oxygen atoms in total. The third-order valence-electron chi connectivity index (χ3n) is 4.91. The van der Waals surface area contributed by atoms with Crippen molar-refractivity contribution in [2.24, 2.45) is 4.99 Å². The Morgan fingerprint density at radius 2 is 1.85 bits per heavy atom. The van der Waals surface area contributed by atoms with Gasteiger partial charge in [-0.05, 0) is 38.1 Å². The van der Waals surface area contributed by atoms with Crippen LogP contribution in [0.15, 0.2) is 41.4 Å². The summed E-state index contributed by atoms with van der Waals surface area (Å²) in [5.74, 6) is 0.531. The zero-order valence-corrected chi connectivity index (χ0v) is 20.1. The van der Waals surface area contributed by atoms with Gasteiger partial charge in [-0.1, -0.05) is 17.4 Å². The van der Waals surface area contributed by atoms with Crippen molar-refractivity contribution in [2.75, 3.05) is 34.0 Å². The Morgan fingerprint density at radius 3 is 2.55 bits per heavy atom. The molecule has 33 heavy (non-hydrogen) atoms. The van der Waals surface area contributed by atoms with Crippen LogP contribution in [-0.2, 0) is 27.2 Å². The molecule has 9 heteroatoms. The normalized spacial score (nSPS) is 11.6. The highest BCUT2D eigenvalue weighted by Crippen LogP contribution is 2.25. The zero-order chi connectivity index (χ0) is 23.8. The van der Waals surface area contributed by atoms with Gasteiger partial charge in [0.05, 0.1) is 49.6 Å². The molecule has 0 N–H and O–H groups in total. The van der Waals surface area contributed by atoms with Gasteiger partial charge in [0.15, 0.2) is 4.80 Å². The number of fused-ring (bicyclic) bond motifs is 1. The quantitative estimate of drug-likeness (QED) is 0.331. The SMILES string of the molecule is CCOCCn1c(=NC(=O)Cc2ccc(OC)cc2OC)sc2cc(C(=O)OCC)ccc21. The van der Waals surface area contributed by atoms with E-state index in [-0.39, 0.29) is 18.3 Å². The fourth-order valence-electron chi connectivity index (χ4n) is 3.32. The molecule has 0 saturated heterocycles. The summed E-state index contributed by atoms with van der Waals surface area (Å²) in [7, 11) is 3.12. The zero-order valence-electron chi connectivity index (χ0n) is 19.3. The number of nitrogens with zero attached hydrogens (tertiary/aromatic N) is 2. The van der Waals surface area contributed by atoms with Crippen molar-refractivity contribution in [3.63, 3.8) is 0 Å². The number of hydrogen-bond acceptors (Lipinski definition) is 7. The molecule has 0 aliphatic carbocycles.